The van der Waals surface area contributed by atoms with Crippen molar-refractivity contribution in [3.05, 3.63) is 0 Å². The van der Waals surface area contributed by atoms with Crippen LogP contribution in [0, 0.1) is 5.92 Å². The van der Waals surface area contributed by atoms with Gasteiger partial charge in [-0.05, 0) is 13.3 Å². The van der Waals surface area contributed by atoms with Crippen molar-refractivity contribution in [3.8, 4) is 0 Å². The van der Waals surface area contributed by atoms with Crippen LogP contribution in [0.4, 0.5) is 0 Å². The molecule has 5 heteroatoms. The monoisotopic (exact) mass is 188 g/mol. The van der Waals surface area contributed by atoms with Crippen LogP contribution in [0.15, 0.2) is 0 Å². The molecule has 5 nitrogen and oxygen atoms in total. The lowest BCUT2D eigenvalue weighted by atomic mass is 10.1. The summed E-state index contributed by atoms with van der Waals surface area (Å²) in [6, 6.07) is -0.542. The summed E-state index contributed by atoms with van der Waals surface area (Å²) in [5.74, 6) is -1.54. The van der Waals surface area contributed by atoms with Gasteiger partial charge in [-0.3, -0.25) is 9.59 Å². The van der Waals surface area contributed by atoms with Crippen molar-refractivity contribution in [3.63, 3.8) is 0 Å². The van der Waals surface area contributed by atoms with E-state index in [9.17, 15) is 9.59 Å². The van der Waals surface area contributed by atoms with E-state index in [1.54, 1.807) is 13.8 Å². The summed E-state index contributed by atoms with van der Waals surface area (Å²) >= 11 is 0. The van der Waals surface area contributed by atoms with E-state index in [-0.39, 0.29) is 5.91 Å². The molecule has 0 spiro atoms. The van der Waals surface area contributed by atoms with E-state index in [0.717, 1.165) is 0 Å². The molecule has 76 valence electrons. The molecule has 4 N–H and O–H groups in total. The van der Waals surface area contributed by atoms with Crippen LogP contribution in [0.2, 0.25) is 0 Å². The zero-order valence-electron chi connectivity index (χ0n) is 7.91. The standard InChI is InChI=1S/C8H16N2O3/c1-5(8(12)13)3-4-10-7(11)6(2)9/h5-6H,3-4,9H2,1-2H3,(H,10,11)(H,12,13)/t5?,6-/m1/s1. The Hall–Kier alpha value is -1.10. The largest absolute Gasteiger partial charge is 0.481 e. The SMILES string of the molecule is CC(CCNC(=O)[C@@H](C)N)C(=O)O. The topological polar surface area (TPSA) is 92.4 Å². The number of carbonyl (C=O) groups is 2. The normalized spacial score (nSPS) is 14.7. The molecule has 0 aliphatic carbocycles. The van der Waals surface area contributed by atoms with Crippen LogP contribution in [-0.4, -0.2) is 29.6 Å². The quantitative estimate of drug-likeness (QED) is 0.545. The predicted octanol–water partition coefficient (Wildman–Crippen LogP) is -0.439. The summed E-state index contributed by atoms with van der Waals surface area (Å²) in [7, 11) is 0. The van der Waals surface area contributed by atoms with Gasteiger partial charge in [0.25, 0.3) is 0 Å². The number of carbonyl (C=O) groups excluding carboxylic acids is 1. The van der Waals surface area contributed by atoms with Crippen molar-refractivity contribution in [2.75, 3.05) is 6.54 Å². The number of amides is 1. The van der Waals surface area contributed by atoms with Gasteiger partial charge in [0.1, 0.15) is 0 Å². The maximum absolute atomic E-state index is 10.9. The second kappa shape index (κ2) is 5.53. The number of hydrogen-bond acceptors (Lipinski definition) is 3. The van der Waals surface area contributed by atoms with Crippen LogP contribution in [-0.2, 0) is 9.59 Å². The Kier molecular flexibility index (Phi) is 5.06. The van der Waals surface area contributed by atoms with Gasteiger partial charge in [0, 0.05) is 6.54 Å². The Labute approximate surface area is 77.3 Å². The molecule has 0 saturated heterocycles. The van der Waals surface area contributed by atoms with Crippen molar-refractivity contribution in [2.45, 2.75) is 26.3 Å². The van der Waals surface area contributed by atoms with Crippen molar-refractivity contribution in [1.29, 1.82) is 0 Å². The molecule has 0 fully saturated rings. The van der Waals surface area contributed by atoms with Gasteiger partial charge in [0.2, 0.25) is 5.91 Å². The van der Waals surface area contributed by atoms with E-state index in [4.69, 9.17) is 10.8 Å². The first-order valence-corrected chi connectivity index (χ1v) is 4.21. The summed E-state index contributed by atoms with van der Waals surface area (Å²) in [5, 5.41) is 11.1. The van der Waals surface area contributed by atoms with Crippen LogP contribution in [0.3, 0.4) is 0 Å². The van der Waals surface area contributed by atoms with Gasteiger partial charge in [-0.2, -0.15) is 0 Å². The van der Waals surface area contributed by atoms with Crippen molar-refractivity contribution >= 4 is 11.9 Å². The summed E-state index contributed by atoms with van der Waals surface area (Å²) in [4.78, 5) is 21.3. The number of nitrogens with one attached hydrogen (secondary N) is 1. The van der Waals surface area contributed by atoms with E-state index in [1.165, 1.54) is 0 Å². The summed E-state index contributed by atoms with van der Waals surface area (Å²) < 4.78 is 0. The van der Waals surface area contributed by atoms with Crippen LogP contribution in [0.1, 0.15) is 20.3 Å². The third-order valence-electron chi connectivity index (χ3n) is 1.71. The highest BCUT2D eigenvalue weighted by atomic mass is 16.4. The zero-order chi connectivity index (χ0) is 10.4. The average Bonchev–Trinajstić information content (AvgIpc) is 2.03. The van der Waals surface area contributed by atoms with Crippen LogP contribution in [0.25, 0.3) is 0 Å². The second-order valence-corrected chi connectivity index (χ2v) is 3.11. The summed E-state index contributed by atoms with van der Waals surface area (Å²) in [5.41, 5.74) is 5.28. The molecule has 0 heterocycles. The molecule has 0 bridgehead atoms. The molecule has 0 aliphatic rings. The van der Waals surface area contributed by atoms with E-state index >= 15 is 0 Å². The lowest BCUT2D eigenvalue weighted by molar-refractivity contribution is -0.141. The number of nitrogens with two attached hydrogens (primary N) is 1. The van der Waals surface area contributed by atoms with E-state index < -0.39 is 17.9 Å². The molecule has 0 radical (unpaired) electrons. The molecule has 1 unspecified atom stereocenters. The molecule has 1 amide bonds. The first-order valence-electron chi connectivity index (χ1n) is 4.21. The van der Waals surface area contributed by atoms with E-state index in [2.05, 4.69) is 5.32 Å². The lowest BCUT2D eigenvalue weighted by Gasteiger charge is -2.09. The molecular weight excluding hydrogens is 172 g/mol. The minimum atomic E-state index is -0.852. The third kappa shape index (κ3) is 5.19. The van der Waals surface area contributed by atoms with Gasteiger partial charge < -0.3 is 16.2 Å². The maximum Gasteiger partial charge on any atom is 0.306 e. The first kappa shape index (κ1) is 11.9. The first-order chi connectivity index (χ1) is 5.95. The van der Waals surface area contributed by atoms with Crippen molar-refractivity contribution in [1.82, 2.24) is 5.32 Å². The third-order valence-corrected chi connectivity index (χ3v) is 1.71. The zero-order valence-corrected chi connectivity index (χ0v) is 7.91. The minimum Gasteiger partial charge on any atom is -0.481 e. The van der Waals surface area contributed by atoms with Gasteiger partial charge in [-0.1, -0.05) is 6.92 Å². The lowest BCUT2D eigenvalue weighted by Crippen LogP contribution is -2.39. The fraction of sp³-hybridized carbons (Fsp3) is 0.750. The Bertz CT molecular complexity index is 192. The number of aliphatic carboxylic acids is 1. The summed E-state index contributed by atoms with van der Waals surface area (Å²) in [6.45, 7) is 3.53. The number of carboxylic acids is 1. The minimum absolute atomic E-state index is 0.252. The second-order valence-electron chi connectivity index (χ2n) is 3.11. The van der Waals surface area contributed by atoms with Crippen molar-refractivity contribution in [2.24, 2.45) is 11.7 Å². The molecule has 0 aromatic carbocycles. The highest BCUT2D eigenvalue weighted by Gasteiger charge is 2.11. The number of hydrogen-bond donors (Lipinski definition) is 3. The van der Waals surface area contributed by atoms with Gasteiger partial charge >= 0.3 is 5.97 Å². The Morgan fingerprint density at radius 3 is 2.38 bits per heavy atom. The van der Waals surface area contributed by atoms with Gasteiger partial charge in [0.05, 0.1) is 12.0 Å². The number of carboxylic acid groups (broad SMARTS) is 1. The number of rotatable bonds is 5. The van der Waals surface area contributed by atoms with E-state index in [0.29, 0.717) is 13.0 Å². The fourth-order valence-electron chi connectivity index (χ4n) is 0.696. The molecule has 2 atom stereocenters. The molecule has 13 heavy (non-hydrogen) atoms. The fourth-order valence-corrected chi connectivity index (χ4v) is 0.696. The van der Waals surface area contributed by atoms with Crippen LogP contribution in [0.5, 0.6) is 0 Å². The highest BCUT2D eigenvalue weighted by molar-refractivity contribution is 5.81. The van der Waals surface area contributed by atoms with E-state index in [1.807, 2.05) is 0 Å². The predicted molar refractivity (Wildman–Crippen MR) is 48.1 cm³/mol. The average molecular weight is 188 g/mol. The van der Waals surface area contributed by atoms with Crippen LogP contribution >= 0.6 is 0 Å². The summed E-state index contributed by atoms with van der Waals surface area (Å²) in [6.07, 6.45) is 0.424. The van der Waals surface area contributed by atoms with Gasteiger partial charge in [-0.25, -0.2) is 0 Å². The molecule has 0 aromatic rings. The van der Waals surface area contributed by atoms with Crippen molar-refractivity contribution < 1.29 is 14.7 Å². The molecular formula is C8H16N2O3. The molecule has 0 aliphatic heterocycles. The maximum atomic E-state index is 10.9. The van der Waals surface area contributed by atoms with Gasteiger partial charge in [-0.15, -0.1) is 0 Å². The molecule has 0 saturated carbocycles. The molecule has 0 aromatic heterocycles. The van der Waals surface area contributed by atoms with Gasteiger partial charge in [0.15, 0.2) is 0 Å². The smallest absolute Gasteiger partial charge is 0.306 e. The Balaban J connectivity index is 3.56. The highest BCUT2D eigenvalue weighted by Crippen LogP contribution is 1.99. The Morgan fingerprint density at radius 2 is 2.00 bits per heavy atom. The Morgan fingerprint density at radius 1 is 1.46 bits per heavy atom. The van der Waals surface area contributed by atoms with Crippen LogP contribution < -0.4 is 11.1 Å². The molecule has 0 rings (SSSR count).